The van der Waals surface area contributed by atoms with Crippen molar-refractivity contribution in [2.24, 2.45) is 0 Å². The van der Waals surface area contributed by atoms with Gasteiger partial charge in [0.15, 0.2) is 0 Å². The number of aromatic amines is 1. The van der Waals surface area contributed by atoms with E-state index in [0.29, 0.717) is 11.4 Å². The van der Waals surface area contributed by atoms with E-state index in [4.69, 9.17) is 11.6 Å². The molecule has 0 saturated carbocycles. The number of benzene rings is 2. The summed E-state index contributed by atoms with van der Waals surface area (Å²) in [5, 5.41) is 8.11. The second kappa shape index (κ2) is 5.94. The van der Waals surface area contributed by atoms with Gasteiger partial charge < -0.3 is 4.79 Å². The van der Waals surface area contributed by atoms with Crippen LogP contribution in [0.4, 0.5) is 0 Å². The fourth-order valence-corrected chi connectivity index (χ4v) is 2.46. The van der Waals surface area contributed by atoms with Crippen LogP contribution in [0.3, 0.4) is 0 Å². The molecule has 1 aromatic heterocycles. The van der Waals surface area contributed by atoms with Crippen LogP contribution in [0.5, 0.6) is 0 Å². The van der Waals surface area contributed by atoms with E-state index in [2.05, 4.69) is 10.2 Å². The first kappa shape index (κ1) is 13.6. The van der Waals surface area contributed by atoms with E-state index in [0.717, 1.165) is 34.4 Å². The Balaban J connectivity index is 2.12. The lowest BCUT2D eigenvalue weighted by Crippen LogP contribution is -1.91. The molecule has 0 atom stereocenters. The van der Waals surface area contributed by atoms with Crippen LogP contribution in [0.25, 0.3) is 22.5 Å². The standard InChI is InChI=1S/C17H13ClN2O/c18-14-8-6-13(7-9-14)17-15(10-11-21)16(19-20-17)12-4-2-1-3-5-12/h1-9,11H,10H2,(H,19,20). The van der Waals surface area contributed by atoms with Crippen LogP contribution in [0.2, 0.25) is 5.02 Å². The van der Waals surface area contributed by atoms with Gasteiger partial charge in [0.2, 0.25) is 0 Å². The number of carbonyl (C=O) groups is 1. The second-order valence-corrected chi connectivity index (χ2v) is 5.11. The minimum atomic E-state index is 0.318. The Morgan fingerprint density at radius 3 is 2.38 bits per heavy atom. The number of hydrogen-bond acceptors (Lipinski definition) is 2. The Bertz CT molecular complexity index is 748. The van der Waals surface area contributed by atoms with Crippen molar-refractivity contribution in [3.05, 3.63) is 65.2 Å². The van der Waals surface area contributed by atoms with E-state index in [9.17, 15) is 4.79 Å². The fourth-order valence-electron chi connectivity index (χ4n) is 2.34. The summed E-state index contributed by atoms with van der Waals surface area (Å²) in [7, 11) is 0. The number of nitrogens with zero attached hydrogens (tertiary/aromatic N) is 1. The topological polar surface area (TPSA) is 45.8 Å². The fraction of sp³-hybridized carbons (Fsp3) is 0.0588. The summed E-state index contributed by atoms with van der Waals surface area (Å²) in [6.45, 7) is 0. The van der Waals surface area contributed by atoms with E-state index in [1.807, 2.05) is 54.6 Å². The van der Waals surface area contributed by atoms with Gasteiger partial charge in [-0.25, -0.2) is 0 Å². The molecule has 0 amide bonds. The highest BCUT2D eigenvalue weighted by Gasteiger charge is 2.15. The molecule has 1 N–H and O–H groups in total. The summed E-state index contributed by atoms with van der Waals surface area (Å²) in [5.74, 6) is 0. The Labute approximate surface area is 127 Å². The quantitative estimate of drug-likeness (QED) is 0.736. The van der Waals surface area contributed by atoms with Gasteiger partial charge in [-0.15, -0.1) is 0 Å². The summed E-state index contributed by atoms with van der Waals surface area (Å²) in [4.78, 5) is 11.0. The number of carbonyl (C=O) groups excluding carboxylic acids is 1. The molecule has 0 spiro atoms. The summed E-state index contributed by atoms with van der Waals surface area (Å²) >= 11 is 5.92. The van der Waals surface area contributed by atoms with Gasteiger partial charge in [-0.05, 0) is 17.7 Å². The molecule has 1 heterocycles. The largest absolute Gasteiger partial charge is 0.303 e. The Morgan fingerprint density at radius 2 is 1.71 bits per heavy atom. The third kappa shape index (κ3) is 2.73. The van der Waals surface area contributed by atoms with Gasteiger partial charge >= 0.3 is 0 Å². The zero-order valence-electron chi connectivity index (χ0n) is 11.2. The van der Waals surface area contributed by atoms with Crippen molar-refractivity contribution in [1.82, 2.24) is 10.2 Å². The van der Waals surface area contributed by atoms with Gasteiger partial charge in [-0.2, -0.15) is 5.10 Å². The SMILES string of the molecule is O=CCc1c(-c2ccccc2)n[nH]c1-c1ccc(Cl)cc1. The van der Waals surface area contributed by atoms with Crippen LogP contribution in [-0.2, 0) is 11.2 Å². The molecular weight excluding hydrogens is 284 g/mol. The summed E-state index contributed by atoms with van der Waals surface area (Å²) < 4.78 is 0. The van der Waals surface area contributed by atoms with Crippen molar-refractivity contribution >= 4 is 17.9 Å². The molecular formula is C17H13ClN2O. The Morgan fingerprint density at radius 1 is 1.00 bits per heavy atom. The highest BCUT2D eigenvalue weighted by atomic mass is 35.5. The van der Waals surface area contributed by atoms with Crippen molar-refractivity contribution in [2.45, 2.75) is 6.42 Å². The average Bonchev–Trinajstić information content (AvgIpc) is 2.93. The maximum absolute atomic E-state index is 11.0. The van der Waals surface area contributed by atoms with E-state index in [1.165, 1.54) is 0 Å². The molecule has 0 aliphatic carbocycles. The predicted octanol–water partition coefficient (Wildman–Crippen LogP) is 4.14. The summed E-state index contributed by atoms with van der Waals surface area (Å²) in [5.41, 5.74) is 4.53. The molecule has 2 aromatic carbocycles. The van der Waals surface area contributed by atoms with Gasteiger partial charge in [0.05, 0.1) is 11.4 Å². The molecule has 0 bridgehead atoms. The lowest BCUT2D eigenvalue weighted by Gasteiger charge is -2.03. The van der Waals surface area contributed by atoms with Gasteiger partial charge in [-0.3, -0.25) is 5.10 Å². The van der Waals surface area contributed by atoms with Gasteiger partial charge in [0, 0.05) is 22.6 Å². The van der Waals surface area contributed by atoms with Crippen LogP contribution in [0, 0.1) is 0 Å². The monoisotopic (exact) mass is 296 g/mol. The molecule has 0 aliphatic rings. The molecule has 21 heavy (non-hydrogen) atoms. The van der Waals surface area contributed by atoms with Crippen LogP contribution in [0.15, 0.2) is 54.6 Å². The molecule has 0 saturated heterocycles. The number of nitrogens with one attached hydrogen (secondary N) is 1. The summed E-state index contributed by atoms with van der Waals surface area (Å²) in [6, 6.07) is 17.3. The molecule has 4 heteroatoms. The molecule has 3 aromatic rings. The van der Waals surface area contributed by atoms with Gasteiger partial charge in [0.25, 0.3) is 0 Å². The minimum Gasteiger partial charge on any atom is -0.303 e. The highest BCUT2D eigenvalue weighted by Crippen LogP contribution is 2.30. The normalized spacial score (nSPS) is 10.5. The van der Waals surface area contributed by atoms with Gasteiger partial charge in [0.1, 0.15) is 6.29 Å². The number of hydrogen-bond donors (Lipinski definition) is 1. The van der Waals surface area contributed by atoms with Crippen molar-refractivity contribution < 1.29 is 4.79 Å². The number of halogens is 1. The number of aldehydes is 1. The third-order valence-corrected chi connectivity index (χ3v) is 3.59. The molecule has 3 nitrogen and oxygen atoms in total. The maximum atomic E-state index is 11.0. The average molecular weight is 297 g/mol. The van der Waals surface area contributed by atoms with Crippen molar-refractivity contribution in [3.63, 3.8) is 0 Å². The molecule has 0 radical (unpaired) electrons. The Hall–Kier alpha value is -2.39. The number of rotatable bonds is 4. The van der Waals surface area contributed by atoms with Crippen LogP contribution in [-0.4, -0.2) is 16.5 Å². The molecule has 104 valence electrons. The minimum absolute atomic E-state index is 0.318. The number of H-pyrrole nitrogens is 1. The Kier molecular flexibility index (Phi) is 3.84. The summed E-state index contributed by atoms with van der Waals surface area (Å²) in [6.07, 6.45) is 1.22. The van der Waals surface area contributed by atoms with E-state index >= 15 is 0 Å². The van der Waals surface area contributed by atoms with E-state index in [-0.39, 0.29) is 0 Å². The van der Waals surface area contributed by atoms with Crippen LogP contribution in [0.1, 0.15) is 5.56 Å². The lowest BCUT2D eigenvalue weighted by atomic mass is 10.00. The number of aromatic nitrogens is 2. The maximum Gasteiger partial charge on any atom is 0.124 e. The smallest absolute Gasteiger partial charge is 0.124 e. The van der Waals surface area contributed by atoms with E-state index in [1.54, 1.807) is 0 Å². The van der Waals surface area contributed by atoms with Crippen LogP contribution >= 0.6 is 11.6 Å². The third-order valence-electron chi connectivity index (χ3n) is 3.33. The molecule has 0 aliphatic heterocycles. The first-order valence-corrected chi connectivity index (χ1v) is 6.99. The van der Waals surface area contributed by atoms with Gasteiger partial charge in [-0.1, -0.05) is 54.1 Å². The first-order chi connectivity index (χ1) is 10.3. The molecule has 0 fully saturated rings. The highest BCUT2D eigenvalue weighted by molar-refractivity contribution is 6.30. The second-order valence-electron chi connectivity index (χ2n) is 4.67. The van der Waals surface area contributed by atoms with Crippen molar-refractivity contribution in [3.8, 4) is 22.5 Å². The van der Waals surface area contributed by atoms with Crippen molar-refractivity contribution in [1.29, 1.82) is 0 Å². The first-order valence-electron chi connectivity index (χ1n) is 6.62. The zero-order valence-corrected chi connectivity index (χ0v) is 12.0. The lowest BCUT2D eigenvalue weighted by molar-refractivity contribution is -0.107. The molecule has 3 rings (SSSR count). The predicted molar refractivity (Wildman–Crippen MR) is 84.2 cm³/mol. The van der Waals surface area contributed by atoms with Crippen LogP contribution < -0.4 is 0 Å². The van der Waals surface area contributed by atoms with Crippen molar-refractivity contribution in [2.75, 3.05) is 0 Å². The molecule has 0 unspecified atom stereocenters. The van der Waals surface area contributed by atoms with E-state index < -0.39 is 0 Å². The zero-order chi connectivity index (χ0) is 14.7.